The molecule has 0 bridgehead atoms. The van der Waals surface area contributed by atoms with Crippen LogP contribution < -0.4 is 11.2 Å². The molecule has 0 aliphatic carbocycles. The Labute approximate surface area is 252 Å². The molecule has 0 spiro atoms. The standard InChI is InChI=1S/C34H28N8O2/c1-2-11-30-36-32-31(33(43)42(27-14-7-4-8-15-27)34(44)41(32)26-12-5-3-6-13-26)39(30)22-24-18-20-25(21-19-24)28-16-9-10-17-29(28)40-23-35-37-38-40/h3-10,12-21,23H,2,11,22H2,1H3. The van der Waals surface area contributed by atoms with Gasteiger partial charge in [0.1, 0.15) is 12.2 Å². The lowest BCUT2D eigenvalue weighted by molar-refractivity contribution is 0.717. The van der Waals surface area contributed by atoms with Crippen molar-refractivity contribution in [1.82, 2.24) is 38.9 Å². The van der Waals surface area contributed by atoms with E-state index in [0.717, 1.165) is 34.6 Å². The summed E-state index contributed by atoms with van der Waals surface area (Å²) in [6, 6.07) is 34.5. The first-order valence-corrected chi connectivity index (χ1v) is 14.4. The van der Waals surface area contributed by atoms with E-state index in [9.17, 15) is 9.59 Å². The maximum absolute atomic E-state index is 14.2. The summed E-state index contributed by atoms with van der Waals surface area (Å²) in [6.45, 7) is 2.49. The normalized spacial score (nSPS) is 11.3. The van der Waals surface area contributed by atoms with Crippen LogP contribution in [-0.4, -0.2) is 38.9 Å². The minimum Gasteiger partial charge on any atom is -0.318 e. The molecule has 0 saturated heterocycles. The molecule has 3 heterocycles. The molecular weight excluding hydrogens is 552 g/mol. The third kappa shape index (κ3) is 4.72. The Morgan fingerprint density at radius 1 is 0.727 bits per heavy atom. The molecule has 44 heavy (non-hydrogen) atoms. The highest BCUT2D eigenvalue weighted by atomic mass is 16.2. The number of rotatable bonds is 8. The number of imidazole rings is 1. The summed E-state index contributed by atoms with van der Waals surface area (Å²) in [7, 11) is 0. The van der Waals surface area contributed by atoms with Crippen LogP contribution in [0.1, 0.15) is 24.7 Å². The number of hydrogen-bond acceptors (Lipinski definition) is 6. The number of hydrogen-bond donors (Lipinski definition) is 0. The number of aromatic nitrogens is 8. The van der Waals surface area contributed by atoms with Gasteiger partial charge in [-0.2, -0.15) is 4.68 Å². The van der Waals surface area contributed by atoms with E-state index in [0.29, 0.717) is 35.5 Å². The number of tetrazole rings is 1. The van der Waals surface area contributed by atoms with E-state index in [-0.39, 0.29) is 0 Å². The molecule has 10 nitrogen and oxygen atoms in total. The summed E-state index contributed by atoms with van der Waals surface area (Å²) in [6.07, 6.45) is 3.06. The Hall–Kier alpha value is -5.90. The van der Waals surface area contributed by atoms with Crippen LogP contribution in [0.3, 0.4) is 0 Å². The average molecular weight is 581 g/mol. The van der Waals surface area contributed by atoms with Crippen molar-refractivity contribution in [3.05, 3.63) is 148 Å². The fourth-order valence-electron chi connectivity index (χ4n) is 5.60. The molecule has 0 aliphatic heterocycles. The molecule has 0 atom stereocenters. The second kappa shape index (κ2) is 11.4. The van der Waals surface area contributed by atoms with Crippen molar-refractivity contribution in [2.75, 3.05) is 0 Å². The second-order valence-electron chi connectivity index (χ2n) is 10.4. The zero-order valence-electron chi connectivity index (χ0n) is 24.0. The lowest BCUT2D eigenvalue weighted by Gasteiger charge is -2.14. The first kappa shape index (κ1) is 27.0. The molecule has 0 amide bonds. The van der Waals surface area contributed by atoms with Crippen molar-refractivity contribution >= 4 is 11.2 Å². The van der Waals surface area contributed by atoms with E-state index in [1.807, 2.05) is 77.4 Å². The van der Waals surface area contributed by atoms with E-state index in [1.165, 1.54) is 4.57 Å². The largest absolute Gasteiger partial charge is 0.342 e. The Kier molecular flexibility index (Phi) is 6.99. The van der Waals surface area contributed by atoms with Gasteiger partial charge in [0.05, 0.1) is 17.1 Å². The molecule has 0 radical (unpaired) electrons. The van der Waals surface area contributed by atoms with Crippen LogP contribution in [-0.2, 0) is 13.0 Å². The van der Waals surface area contributed by atoms with Crippen LogP contribution in [0, 0.1) is 0 Å². The van der Waals surface area contributed by atoms with E-state index >= 15 is 0 Å². The monoisotopic (exact) mass is 580 g/mol. The van der Waals surface area contributed by atoms with Gasteiger partial charge < -0.3 is 4.57 Å². The van der Waals surface area contributed by atoms with Crippen molar-refractivity contribution in [2.24, 2.45) is 0 Å². The summed E-state index contributed by atoms with van der Waals surface area (Å²) in [5, 5.41) is 11.6. The maximum atomic E-state index is 14.2. The van der Waals surface area contributed by atoms with Gasteiger partial charge in [0.2, 0.25) is 0 Å². The first-order chi connectivity index (χ1) is 21.6. The molecule has 7 rings (SSSR count). The molecule has 0 aliphatic rings. The van der Waals surface area contributed by atoms with Gasteiger partial charge in [-0.15, -0.1) is 5.10 Å². The zero-order valence-corrected chi connectivity index (χ0v) is 24.0. The molecule has 216 valence electrons. The van der Waals surface area contributed by atoms with Crippen LogP contribution in [0.2, 0.25) is 0 Å². The SMILES string of the molecule is CCCc1nc2c(c(=O)n(-c3ccccc3)c(=O)n2-c2ccccc2)n1Cc1ccc(-c2ccccc2-n2cnnn2)cc1. The van der Waals surface area contributed by atoms with E-state index in [2.05, 4.69) is 46.7 Å². The minimum absolute atomic E-state index is 0.355. The fourth-order valence-corrected chi connectivity index (χ4v) is 5.60. The van der Waals surface area contributed by atoms with Crippen LogP contribution in [0.25, 0.3) is 39.4 Å². The predicted octanol–water partition coefficient (Wildman–Crippen LogP) is 4.98. The van der Waals surface area contributed by atoms with Gasteiger partial charge in [0, 0.05) is 18.5 Å². The van der Waals surface area contributed by atoms with E-state index in [4.69, 9.17) is 4.98 Å². The lowest BCUT2D eigenvalue weighted by Crippen LogP contribution is -2.39. The van der Waals surface area contributed by atoms with Gasteiger partial charge in [-0.3, -0.25) is 4.79 Å². The Bertz CT molecular complexity index is 2180. The van der Waals surface area contributed by atoms with Crippen molar-refractivity contribution in [1.29, 1.82) is 0 Å². The molecule has 10 heteroatoms. The lowest BCUT2D eigenvalue weighted by atomic mass is 10.0. The summed E-state index contributed by atoms with van der Waals surface area (Å²) in [5.74, 6) is 0.752. The molecule has 0 N–H and O–H groups in total. The third-order valence-corrected chi connectivity index (χ3v) is 7.64. The number of para-hydroxylation sites is 3. The summed E-state index contributed by atoms with van der Waals surface area (Å²) in [4.78, 5) is 33.1. The summed E-state index contributed by atoms with van der Waals surface area (Å²) >= 11 is 0. The fraction of sp³-hybridized carbons (Fsp3) is 0.118. The summed E-state index contributed by atoms with van der Waals surface area (Å²) < 4.78 is 6.38. The smallest absolute Gasteiger partial charge is 0.318 e. The van der Waals surface area contributed by atoms with E-state index in [1.54, 1.807) is 27.7 Å². The number of fused-ring (bicyclic) bond motifs is 1. The van der Waals surface area contributed by atoms with Gasteiger partial charge in [0.15, 0.2) is 11.2 Å². The van der Waals surface area contributed by atoms with Gasteiger partial charge in [-0.25, -0.2) is 18.9 Å². The minimum atomic E-state index is -0.460. The van der Waals surface area contributed by atoms with Crippen LogP contribution in [0.15, 0.2) is 125 Å². The number of nitrogens with zero attached hydrogens (tertiary/aromatic N) is 8. The van der Waals surface area contributed by atoms with Gasteiger partial charge in [0.25, 0.3) is 5.56 Å². The number of benzene rings is 4. The average Bonchev–Trinajstić information content (AvgIpc) is 3.72. The first-order valence-electron chi connectivity index (χ1n) is 14.4. The van der Waals surface area contributed by atoms with Gasteiger partial charge in [-0.05, 0) is 58.3 Å². The van der Waals surface area contributed by atoms with Crippen LogP contribution in [0.5, 0.6) is 0 Å². The highest BCUT2D eigenvalue weighted by molar-refractivity contribution is 5.75. The second-order valence-corrected chi connectivity index (χ2v) is 10.4. The van der Waals surface area contributed by atoms with Crippen molar-refractivity contribution in [2.45, 2.75) is 26.3 Å². The zero-order chi connectivity index (χ0) is 30.0. The Morgan fingerprint density at radius 3 is 2.05 bits per heavy atom. The number of aryl methyl sites for hydroxylation is 1. The molecule has 3 aromatic heterocycles. The maximum Gasteiger partial charge on any atom is 0.342 e. The Balaban J connectivity index is 1.39. The highest BCUT2D eigenvalue weighted by Crippen LogP contribution is 2.27. The van der Waals surface area contributed by atoms with Crippen molar-refractivity contribution in [3.63, 3.8) is 0 Å². The topological polar surface area (TPSA) is 105 Å². The van der Waals surface area contributed by atoms with Gasteiger partial charge in [-0.1, -0.05) is 85.8 Å². The molecule has 0 fully saturated rings. The van der Waals surface area contributed by atoms with Crippen molar-refractivity contribution in [3.8, 4) is 28.2 Å². The quantitative estimate of drug-likeness (QED) is 0.251. The van der Waals surface area contributed by atoms with E-state index < -0.39 is 11.2 Å². The highest BCUT2D eigenvalue weighted by Gasteiger charge is 2.23. The van der Waals surface area contributed by atoms with Crippen LogP contribution in [0.4, 0.5) is 0 Å². The Morgan fingerprint density at radius 2 is 1.39 bits per heavy atom. The molecule has 0 saturated carbocycles. The van der Waals surface area contributed by atoms with Gasteiger partial charge >= 0.3 is 5.69 Å². The molecule has 7 aromatic rings. The molecule has 0 unspecified atom stereocenters. The molecule has 4 aromatic carbocycles. The summed E-state index contributed by atoms with van der Waals surface area (Å²) in [5.41, 5.74) is 4.89. The molecular formula is C34H28N8O2. The predicted molar refractivity (Wildman–Crippen MR) is 169 cm³/mol. The van der Waals surface area contributed by atoms with Crippen molar-refractivity contribution < 1.29 is 0 Å². The third-order valence-electron chi connectivity index (χ3n) is 7.64. The van der Waals surface area contributed by atoms with Crippen LogP contribution >= 0.6 is 0 Å².